The summed E-state index contributed by atoms with van der Waals surface area (Å²) in [5.41, 5.74) is -0.949. The Kier molecular flexibility index (Phi) is 6.43. The zero-order valence-corrected chi connectivity index (χ0v) is 12.0. The summed E-state index contributed by atoms with van der Waals surface area (Å²) in [5, 5.41) is 11.6. The van der Waals surface area contributed by atoms with Crippen LogP contribution in [0.4, 0.5) is 19.0 Å². The van der Waals surface area contributed by atoms with E-state index in [4.69, 9.17) is 10.00 Å². The minimum Gasteiger partial charge on any atom is -0.380 e. The van der Waals surface area contributed by atoms with Crippen LogP contribution >= 0.6 is 0 Å². The molecule has 7 heteroatoms. The third-order valence-corrected chi connectivity index (χ3v) is 2.68. The number of aromatic nitrogens is 1. The lowest BCUT2D eigenvalue weighted by Crippen LogP contribution is -2.15. The smallest absolute Gasteiger partial charge is 0.380 e. The number of hydrogen-bond donors (Lipinski definition) is 1. The van der Waals surface area contributed by atoms with E-state index >= 15 is 0 Å². The van der Waals surface area contributed by atoms with E-state index in [-0.39, 0.29) is 11.4 Å². The van der Waals surface area contributed by atoms with Gasteiger partial charge in [-0.3, -0.25) is 0 Å². The van der Waals surface area contributed by atoms with Crippen LogP contribution < -0.4 is 5.32 Å². The van der Waals surface area contributed by atoms with E-state index in [2.05, 4.69) is 24.1 Å². The molecule has 1 aromatic heterocycles. The van der Waals surface area contributed by atoms with Gasteiger partial charge in [-0.15, -0.1) is 0 Å². The zero-order valence-electron chi connectivity index (χ0n) is 12.0. The molecular weight excluding hydrogens is 283 g/mol. The van der Waals surface area contributed by atoms with E-state index in [0.29, 0.717) is 25.7 Å². The highest BCUT2D eigenvalue weighted by molar-refractivity contribution is 5.52. The third kappa shape index (κ3) is 6.00. The SMILES string of the molecule is CC(C)CCOCCNc1nc(C(F)(F)F)ccc1C#N. The maximum atomic E-state index is 12.6. The first-order chi connectivity index (χ1) is 9.84. The Morgan fingerprint density at radius 2 is 2.05 bits per heavy atom. The molecule has 0 saturated heterocycles. The summed E-state index contributed by atoms with van der Waals surface area (Å²) in [6.07, 6.45) is -3.61. The van der Waals surface area contributed by atoms with Gasteiger partial charge in [-0.05, 0) is 24.5 Å². The lowest BCUT2D eigenvalue weighted by molar-refractivity contribution is -0.141. The van der Waals surface area contributed by atoms with Crippen LogP contribution in [0.5, 0.6) is 0 Å². The molecule has 0 aromatic carbocycles. The maximum Gasteiger partial charge on any atom is 0.433 e. The van der Waals surface area contributed by atoms with Crippen LogP contribution in [0.25, 0.3) is 0 Å². The van der Waals surface area contributed by atoms with Crippen LogP contribution in [0.15, 0.2) is 12.1 Å². The van der Waals surface area contributed by atoms with Gasteiger partial charge < -0.3 is 10.1 Å². The monoisotopic (exact) mass is 301 g/mol. The molecule has 0 fully saturated rings. The van der Waals surface area contributed by atoms with E-state index in [1.54, 1.807) is 0 Å². The summed E-state index contributed by atoms with van der Waals surface area (Å²) >= 11 is 0. The summed E-state index contributed by atoms with van der Waals surface area (Å²) in [5.74, 6) is 0.466. The van der Waals surface area contributed by atoms with Gasteiger partial charge in [0.2, 0.25) is 0 Å². The van der Waals surface area contributed by atoms with E-state index in [1.807, 2.05) is 6.07 Å². The first kappa shape index (κ1) is 17.2. The Morgan fingerprint density at radius 1 is 1.33 bits per heavy atom. The fourth-order valence-electron chi connectivity index (χ4n) is 1.50. The van der Waals surface area contributed by atoms with Crippen molar-refractivity contribution in [1.29, 1.82) is 5.26 Å². The molecule has 1 aromatic rings. The molecule has 0 atom stereocenters. The second kappa shape index (κ2) is 7.84. The van der Waals surface area contributed by atoms with Crippen LogP contribution in [0, 0.1) is 17.2 Å². The summed E-state index contributed by atoms with van der Waals surface area (Å²) in [6, 6.07) is 3.71. The standard InChI is InChI=1S/C14H18F3N3O/c1-10(2)5-7-21-8-6-19-13-11(9-18)3-4-12(20-13)14(15,16)17/h3-4,10H,5-8H2,1-2H3,(H,19,20). The molecule has 0 amide bonds. The third-order valence-electron chi connectivity index (χ3n) is 2.68. The molecule has 1 rings (SSSR count). The van der Waals surface area contributed by atoms with Gasteiger partial charge in [0.1, 0.15) is 17.6 Å². The second-order valence-corrected chi connectivity index (χ2v) is 4.92. The largest absolute Gasteiger partial charge is 0.433 e. The number of nitriles is 1. The highest BCUT2D eigenvalue weighted by Gasteiger charge is 2.33. The van der Waals surface area contributed by atoms with Gasteiger partial charge in [0.15, 0.2) is 0 Å². The van der Waals surface area contributed by atoms with Crippen molar-refractivity contribution >= 4 is 5.82 Å². The van der Waals surface area contributed by atoms with Crippen LogP contribution in [-0.2, 0) is 10.9 Å². The van der Waals surface area contributed by atoms with Crippen molar-refractivity contribution < 1.29 is 17.9 Å². The topological polar surface area (TPSA) is 57.9 Å². The van der Waals surface area contributed by atoms with E-state index in [0.717, 1.165) is 18.6 Å². The molecule has 0 saturated carbocycles. The number of anilines is 1. The van der Waals surface area contributed by atoms with Crippen molar-refractivity contribution in [2.45, 2.75) is 26.4 Å². The zero-order chi connectivity index (χ0) is 15.9. The van der Waals surface area contributed by atoms with Crippen molar-refractivity contribution in [3.05, 3.63) is 23.4 Å². The number of nitrogens with one attached hydrogen (secondary N) is 1. The van der Waals surface area contributed by atoms with Crippen molar-refractivity contribution in [2.24, 2.45) is 5.92 Å². The quantitative estimate of drug-likeness (QED) is 0.784. The van der Waals surface area contributed by atoms with E-state index < -0.39 is 11.9 Å². The molecule has 21 heavy (non-hydrogen) atoms. The van der Waals surface area contributed by atoms with Gasteiger partial charge in [0.25, 0.3) is 0 Å². The number of rotatable bonds is 7. The number of ether oxygens (including phenoxy) is 1. The Balaban J connectivity index is 2.55. The number of pyridine rings is 1. The average molecular weight is 301 g/mol. The highest BCUT2D eigenvalue weighted by atomic mass is 19.4. The van der Waals surface area contributed by atoms with Gasteiger partial charge in [-0.1, -0.05) is 13.8 Å². The Morgan fingerprint density at radius 3 is 2.62 bits per heavy atom. The predicted octanol–water partition coefficient (Wildman–Crippen LogP) is 3.45. The van der Waals surface area contributed by atoms with Crippen molar-refractivity contribution in [2.75, 3.05) is 25.1 Å². The maximum absolute atomic E-state index is 12.6. The Hall–Kier alpha value is -1.81. The van der Waals surface area contributed by atoms with Crippen LogP contribution in [-0.4, -0.2) is 24.7 Å². The minimum absolute atomic E-state index is 0.0696. The average Bonchev–Trinajstić information content (AvgIpc) is 2.41. The van der Waals surface area contributed by atoms with E-state index in [1.165, 1.54) is 0 Å². The summed E-state index contributed by atoms with van der Waals surface area (Å²) in [7, 11) is 0. The van der Waals surface area contributed by atoms with Crippen LogP contribution in [0.1, 0.15) is 31.5 Å². The summed E-state index contributed by atoms with van der Waals surface area (Å²) < 4.78 is 43.1. The highest BCUT2D eigenvalue weighted by Crippen LogP contribution is 2.29. The summed E-state index contributed by atoms with van der Waals surface area (Å²) in [6.45, 7) is 5.39. The van der Waals surface area contributed by atoms with Gasteiger partial charge in [-0.2, -0.15) is 18.4 Å². The van der Waals surface area contributed by atoms with Gasteiger partial charge >= 0.3 is 6.18 Å². The van der Waals surface area contributed by atoms with Gasteiger partial charge in [-0.25, -0.2) is 4.98 Å². The van der Waals surface area contributed by atoms with Crippen molar-refractivity contribution in [3.8, 4) is 6.07 Å². The molecule has 0 radical (unpaired) electrons. The molecule has 0 aliphatic heterocycles. The van der Waals surface area contributed by atoms with Crippen LogP contribution in [0.2, 0.25) is 0 Å². The van der Waals surface area contributed by atoms with Gasteiger partial charge in [0, 0.05) is 13.2 Å². The lowest BCUT2D eigenvalue weighted by atomic mass is 10.1. The Bertz CT molecular complexity index is 495. The fourth-order valence-corrected chi connectivity index (χ4v) is 1.50. The van der Waals surface area contributed by atoms with Gasteiger partial charge in [0.05, 0.1) is 12.2 Å². The first-order valence-corrected chi connectivity index (χ1v) is 6.64. The molecule has 0 unspecified atom stereocenters. The molecule has 1 heterocycles. The number of alkyl halides is 3. The molecule has 0 aliphatic rings. The minimum atomic E-state index is -4.53. The first-order valence-electron chi connectivity index (χ1n) is 6.64. The fraction of sp³-hybridized carbons (Fsp3) is 0.571. The number of halogens is 3. The molecule has 1 N–H and O–H groups in total. The van der Waals surface area contributed by atoms with Crippen molar-refractivity contribution in [3.63, 3.8) is 0 Å². The van der Waals surface area contributed by atoms with Crippen molar-refractivity contribution in [1.82, 2.24) is 4.98 Å². The van der Waals surface area contributed by atoms with Crippen LogP contribution in [0.3, 0.4) is 0 Å². The second-order valence-electron chi connectivity index (χ2n) is 4.92. The molecule has 0 spiro atoms. The Labute approximate surface area is 121 Å². The molecule has 116 valence electrons. The predicted molar refractivity (Wildman–Crippen MR) is 72.7 cm³/mol. The summed E-state index contributed by atoms with van der Waals surface area (Å²) in [4.78, 5) is 3.45. The van der Waals surface area contributed by atoms with E-state index in [9.17, 15) is 13.2 Å². The normalized spacial score (nSPS) is 11.5. The molecule has 0 bridgehead atoms. The molecule has 4 nitrogen and oxygen atoms in total. The molecular formula is C14H18F3N3O. The molecule has 0 aliphatic carbocycles. The lowest BCUT2D eigenvalue weighted by Gasteiger charge is -2.11. The number of nitrogens with zero attached hydrogens (tertiary/aromatic N) is 2. The number of hydrogen-bond acceptors (Lipinski definition) is 4.